The number of rotatable bonds is 6. The normalized spacial score (nSPS) is 21.0. The van der Waals surface area contributed by atoms with E-state index in [1.54, 1.807) is 0 Å². The van der Waals surface area contributed by atoms with Crippen LogP contribution in [0.15, 0.2) is 0 Å². The highest BCUT2D eigenvalue weighted by molar-refractivity contribution is 7.99. The van der Waals surface area contributed by atoms with E-state index in [1.165, 1.54) is 50.3 Å². The summed E-state index contributed by atoms with van der Waals surface area (Å²) in [6.45, 7) is 7.15. The minimum atomic E-state index is 0.910. The quantitative estimate of drug-likeness (QED) is 0.683. The lowest BCUT2D eigenvalue weighted by atomic mass is 9.96. The first-order chi connectivity index (χ1) is 6.83. The Morgan fingerprint density at radius 1 is 1.36 bits per heavy atom. The molecule has 1 rings (SSSR count). The van der Waals surface area contributed by atoms with Gasteiger partial charge in [-0.1, -0.05) is 20.3 Å². The van der Waals surface area contributed by atoms with E-state index in [1.807, 2.05) is 0 Å². The molecule has 1 atom stereocenters. The fourth-order valence-electron chi connectivity index (χ4n) is 1.82. The summed E-state index contributed by atoms with van der Waals surface area (Å²) in [6.07, 6.45) is 5.59. The third kappa shape index (κ3) is 5.26. The molecular formula is C12H25NS. The summed E-state index contributed by atoms with van der Waals surface area (Å²) in [5.74, 6) is 4.67. The van der Waals surface area contributed by atoms with Gasteiger partial charge in [0.05, 0.1) is 0 Å². The smallest absolute Gasteiger partial charge is 0.00419 e. The minimum absolute atomic E-state index is 0.910. The van der Waals surface area contributed by atoms with Crippen LogP contribution >= 0.6 is 11.8 Å². The lowest BCUT2D eigenvalue weighted by Gasteiger charge is -2.22. The second-order valence-corrected chi connectivity index (χ2v) is 5.72. The summed E-state index contributed by atoms with van der Waals surface area (Å²) in [5.41, 5.74) is 0. The van der Waals surface area contributed by atoms with Gasteiger partial charge < -0.3 is 5.32 Å². The highest BCUT2D eigenvalue weighted by Crippen LogP contribution is 2.20. The third-order valence-electron chi connectivity index (χ3n) is 3.23. The number of hydrogen-bond donors (Lipinski definition) is 1. The molecule has 14 heavy (non-hydrogen) atoms. The van der Waals surface area contributed by atoms with E-state index in [-0.39, 0.29) is 0 Å². The van der Waals surface area contributed by atoms with Crippen molar-refractivity contribution in [2.24, 2.45) is 11.8 Å². The topological polar surface area (TPSA) is 12.0 Å². The van der Waals surface area contributed by atoms with Crippen LogP contribution in [0.5, 0.6) is 0 Å². The Bertz CT molecular complexity index is 132. The second kappa shape index (κ2) is 7.58. The fraction of sp³-hybridized carbons (Fsp3) is 1.00. The van der Waals surface area contributed by atoms with E-state index in [4.69, 9.17) is 0 Å². The van der Waals surface area contributed by atoms with Crippen LogP contribution in [0.3, 0.4) is 0 Å². The van der Waals surface area contributed by atoms with E-state index in [0.29, 0.717) is 0 Å². The van der Waals surface area contributed by atoms with Crippen molar-refractivity contribution >= 4 is 11.8 Å². The Hall–Kier alpha value is 0.310. The van der Waals surface area contributed by atoms with E-state index in [2.05, 4.69) is 30.9 Å². The monoisotopic (exact) mass is 215 g/mol. The summed E-state index contributed by atoms with van der Waals surface area (Å²) in [5, 5.41) is 3.43. The highest BCUT2D eigenvalue weighted by atomic mass is 32.2. The zero-order valence-corrected chi connectivity index (χ0v) is 10.5. The molecule has 1 unspecified atom stereocenters. The molecule has 0 aromatic heterocycles. The van der Waals surface area contributed by atoms with E-state index >= 15 is 0 Å². The predicted molar refractivity (Wildman–Crippen MR) is 67.0 cm³/mol. The molecular weight excluding hydrogens is 190 g/mol. The van der Waals surface area contributed by atoms with Gasteiger partial charge in [0.2, 0.25) is 0 Å². The molecule has 1 N–H and O–H groups in total. The largest absolute Gasteiger partial charge is 0.317 e. The van der Waals surface area contributed by atoms with Gasteiger partial charge in [0.15, 0.2) is 0 Å². The zero-order chi connectivity index (χ0) is 10.2. The Morgan fingerprint density at radius 3 is 2.71 bits per heavy atom. The van der Waals surface area contributed by atoms with Crippen molar-refractivity contribution in [1.82, 2.24) is 5.32 Å². The summed E-state index contributed by atoms with van der Waals surface area (Å²) in [4.78, 5) is 0. The third-order valence-corrected chi connectivity index (χ3v) is 4.56. The van der Waals surface area contributed by atoms with Crippen LogP contribution in [0.25, 0.3) is 0 Å². The van der Waals surface area contributed by atoms with Gasteiger partial charge in [-0.2, -0.15) is 11.8 Å². The molecule has 1 nitrogen and oxygen atoms in total. The first-order valence-corrected chi connectivity index (χ1v) is 7.26. The Labute approximate surface area is 93.4 Å². The summed E-state index contributed by atoms with van der Waals surface area (Å²) in [7, 11) is 0. The molecule has 0 saturated carbocycles. The maximum absolute atomic E-state index is 3.43. The van der Waals surface area contributed by atoms with Crippen molar-refractivity contribution in [2.45, 2.75) is 39.5 Å². The molecule has 1 aliphatic heterocycles. The van der Waals surface area contributed by atoms with Gasteiger partial charge in [-0.15, -0.1) is 0 Å². The van der Waals surface area contributed by atoms with Crippen LogP contribution in [0.2, 0.25) is 0 Å². The molecule has 1 aliphatic rings. The SMILES string of the molecule is CCC(C)CSCCC1CCNCC1. The summed E-state index contributed by atoms with van der Waals surface area (Å²) in [6, 6.07) is 0. The van der Waals surface area contributed by atoms with Crippen molar-refractivity contribution < 1.29 is 0 Å². The van der Waals surface area contributed by atoms with Crippen LogP contribution in [-0.4, -0.2) is 24.6 Å². The lowest BCUT2D eigenvalue weighted by molar-refractivity contribution is 0.367. The van der Waals surface area contributed by atoms with Crippen molar-refractivity contribution in [2.75, 3.05) is 24.6 Å². The van der Waals surface area contributed by atoms with Gasteiger partial charge in [-0.05, 0) is 55.7 Å². The van der Waals surface area contributed by atoms with Crippen LogP contribution in [0.1, 0.15) is 39.5 Å². The summed E-state index contributed by atoms with van der Waals surface area (Å²) < 4.78 is 0. The van der Waals surface area contributed by atoms with E-state index in [0.717, 1.165) is 11.8 Å². The molecule has 1 fully saturated rings. The molecule has 0 aliphatic carbocycles. The Balaban J connectivity index is 1.92. The number of piperidine rings is 1. The maximum atomic E-state index is 3.43. The second-order valence-electron chi connectivity index (χ2n) is 4.57. The van der Waals surface area contributed by atoms with Gasteiger partial charge in [0.1, 0.15) is 0 Å². The van der Waals surface area contributed by atoms with E-state index in [9.17, 15) is 0 Å². The Morgan fingerprint density at radius 2 is 2.07 bits per heavy atom. The first-order valence-electron chi connectivity index (χ1n) is 6.11. The van der Waals surface area contributed by atoms with Crippen molar-refractivity contribution in [3.8, 4) is 0 Å². The van der Waals surface area contributed by atoms with Gasteiger partial charge in [0, 0.05) is 0 Å². The van der Waals surface area contributed by atoms with Crippen LogP contribution in [-0.2, 0) is 0 Å². The number of hydrogen-bond acceptors (Lipinski definition) is 2. The van der Waals surface area contributed by atoms with Gasteiger partial charge in [-0.3, -0.25) is 0 Å². The first kappa shape index (κ1) is 12.4. The standard InChI is InChI=1S/C12H25NS/c1-3-11(2)10-14-9-6-12-4-7-13-8-5-12/h11-13H,3-10H2,1-2H3. The fourth-order valence-corrected chi connectivity index (χ4v) is 3.13. The van der Waals surface area contributed by atoms with Crippen LogP contribution in [0.4, 0.5) is 0 Å². The maximum Gasteiger partial charge on any atom is -0.00419 e. The van der Waals surface area contributed by atoms with Crippen molar-refractivity contribution in [3.05, 3.63) is 0 Å². The molecule has 0 bridgehead atoms. The average Bonchev–Trinajstić information content (AvgIpc) is 2.25. The molecule has 0 spiro atoms. The van der Waals surface area contributed by atoms with Crippen molar-refractivity contribution in [1.29, 1.82) is 0 Å². The number of nitrogens with one attached hydrogen (secondary N) is 1. The van der Waals surface area contributed by atoms with Crippen LogP contribution in [0, 0.1) is 11.8 Å². The van der Waals surface area contributed by atoms with Gasteiger partial charge in [0.25, 0.3) is 0 Å². The molecule has 0 radical (unpaired) electrons. The minimum Gasteiger partial charge on any atom is -0.317 e. The molecule has 0 aromatic carbocycles. The lowest BCUT2D eigenvalue weighted by Crippen LogP contribution is -2.27. The Kier molecular flexibility index (Phi) is 6.70. The zero-order valence-electron chi connectivity index (χ0n) is 9.72. The molecule has 1 heterocycles. The van der Waals surface area contributed by atoms with Crippen molar-refractivity contribution in [3.63, 3.8) is 0 Å². The average molecular weight is 215 g/mol. The highest BCUT2D eigenvalue weighted by Gasteiger charge is 2.12. The molecule has 84 valence electrons. The number of thioether (sulfide) groups is 1. The van der Waals surface area contributed by atoms with Gasteiger partial charge >= 0.3 is 0 Å². The molecule has 1 saturated heterocycles. The van der Waals surface area contributed by atoms with E-state index < -0.39 is 0 Å². The predicted octanol–water partition coefficient (Wildman–Crippen LogP) is 3.16. The molecule has 0 aromatic rings. The van der Waals surface area contributed by atoms with Gasteiger partial charge in [-0.25, -0.2) is 0 Å². The molecule has 2 heteroatoms. The summed E-state index contributed by atoms with van der Waals surface area (Å²) >= 11 is 2.16. The molecule has 0 amide bonds. The van der Waals surface area contributed by atoms with Crippen LogP contribution < -0.4 is 5.32 Å².